The van der Waals surface area contributed by atoms with Crippen LogP contribution in [0.15, 0.2) is 30.5 Å². The third-order valence-corrected chi connectivity index (χ3v) is 2.42. The Kier molecular flexibility index (Phi) is 3.37. The van der Waals surface area contributed by atoms with E-state index in [0.29, 0.717) is 11.3 Å². The third kappa shape index (κ3) is 3.18. The second-order valence-electron chi connectivity index (χ2n) is 4.00. The molecule has 0 spiro atoms. The van der Waals surface area contributed by atoms with E-state index < -0.39 is 12.8 Å². The minimum absolute atomic E-state index is 0.00137. The number of rotatable bonds is 3. The highest BCUT2D eigenvalue weighted by atomic mass is 19.4. The number of aromatic nitrogens is 2. The number of alkyl halides is 3. The number of nitrogens with zero attached hydrogens (tertiary/aromatic N) is 2. The van der Waals surface area contributed by atoms with Crippen molar-refractivity contribution >= 4 is 5.69 Å². The van der Waals surface area contributed by atoms with E-state index >= 15 is 0 Å². The van der Waals surface area contributed by atoms with Crippen molar-refractivity contribution in [3.8, 4) is 17.0 Å². The van der Waals surface area contributed by atoms with Gasteiger partial charge in [0.2, 0.25) is 0 Å². The Balaban J connectivity index is 2.36. The summed E-state index contributed by atoms with van der Waals surface area (Å²) in [6.45, 7) is -1.39. The third-order valence-electron chi connectivity index (χ3n) is 2.42. The Bertz CT molecular complexity index is 578. The molecule has 102 valence electrons. The van der Waals surface area contributed by atoms with Crippen molar-refractivity contribution < 1.29 is 17.9 Å². The molecule has 2 aromatic rings. The van der Waals surface area contributed by atoms with Crippen molar-refractivity contribution in [3.63, 3.8) is 0 Å². The van der Waals surface area contributed by atoms with E-state index in [1.54, 1.807) is 36.1 Å². The van der Waals surface area contributed by atoms with Gasteiger partial charge in [-0.1, -0.05) is 6.07 Å². The second-order valence-corrected chi connectivity index (χ2v) is 4.00. The van der Waals surface area contributed by atoms with Crippen molar-refractivity contribution in [3.05, 3.63) is 30.5 Å². The Morgan fingerprint density at radius 1 is 1.32 bits per heavy atom. The molecule has 0 aliphatic rings. The zero-order chi connectivity index (χ0) is 14.0. The number of benzene rings is 1. The van der Waals surface area contributed by atoms with Crippen LogP contribution in [0.1, 0.15) is 0 Å². The molecule has 1 aromatic heterocycles. The van der Waals surface area contributed by atoms with Crippen LogP contribution >= 0.6 is 0 Å². The molecule has 2 N–H and O–H groups in total. The molecule has 0 amide bonds. The number of para-hydroxylation sites is 1. The summed E-state index contributed by atoms with van der Waals surface area (Å²) in [6, 6.07) is 6.41. The molecule has 0 bridgehead atoms. The van der Waals surface area contributed by atoms with Gasteiger partial charge in [-0.3, -0.25) is 4.68 Å². The summed E-state index contributed by atoms with van der Waals surface area (Å²) >= 11 is 0. The minimum atomic E-state index is -4.41. The molecule has 0 aliphatic carbocycles. The van der Waals surface area contributed by atoms with Gasteiger partial charge in [0.25, 0.3) is 0 Å². The van der Waals surface area contributed by atoms with E-state index in [1.165, 1.54) is 6.07 Å². The lowest BCUT2D eigenvalue weighted by molar-refractivity contribution is -0.153. The predicted octanol–water partition coefficient (Wildman–Crippen LogP) is 2.61. The molecule has 0 radical (unpaired) electrons. The lowest BCUT2D eigenvalue weighted by Gasteiger charge is -2.14. The molecular weight excluding hydrogens is 259 g/mol. The van der Waals surface area contributed by atoms with E-state index in [2.05, 4.69) is 5.10 Å². The van der Waals surface area contributed by atoms with Crippen LogP contribution in [-0.2, 0) is 7.05 Å². The number of nitrogen functional groups attached to an aromatic ring is 1. The molecule has 0 fully saturated rings. The number of nitrogens with two attached hydrogens (primary N) is 1. The van der Waals surface area contributed by atoms with E-state index in [-0.39, 0.29) is 11.4 Å². The van der Waals surface area contributed by atoms with E-state index in [1.807, 2.05) is 0 Å². The SMILES string of the molecule is Cn1ccc(-c2cccc(N)c2OCC(F)(F)F)n1. The van der Waals surface area contributed by atoms with Gasteiger partial charge < -0.3 is 10.5 Å². The molecule has 1 aromatic carbocycles. The lowest BCUT2D eigenvalue weighted by atomic mass is 10.1. The molecule has 4 nitrogen and oxygen atoms in total. The smallest absolute Gasteiger partial charge is 0.422 e. The molecule has 19 heavy (non-hydrogen) atoms. The number of aryl methyl sites for hydroxylation is 1. The van der Waals surface area contributed by atoms with Gasteiger partial charge in [-0.2, -0.15) is 18.3 Å². The number of hydrogen-bond donors (Lipinski definition) is 1. The van der Waals surface area contributed by atoms with Crippen LogP contribution in [0, 0.1) is 0 Å². The summed E-state index contributed by atoms with van der Waals surface area (Å²) in [5, 5.41) is 4.13. The van der Waals surface area contributed by atoms with Crippen LogP contribution in [0.4, 0.5) is 18.9 Å². The topological polar surface area (TPSA) is 53.1 Å². The maximum atomic E-state index is 12.2. The molecule has 0 saturated carbocycles. The summed E-state index contributed by atoms with van der Waals surface area (Å²) in [5.41, 5.74) is 6.76. The maximum Gasteiger partial charge on any atom is 0.422 e. The maximum absolute atomic E-state index is 12.2. The summed E-state index contributed by atoms with van der Waals surface area (Å²) in [4.78, 5) is 0. The van der Waals surface area contributed by atoms with Crippen LogP contribution < -0.4 is 10.5 Å². The summed E-state index contributed by atoms with van der Waals surface area (Å²) in [5.74, 6) is -0.00137. The van der Waals surface area contributed by atoms with E-state index in [0.717, 1.165) is 0 Å². The van der Waals surface area contributed by atoms with Gasteiger partial charge in [-0.25, -0.2) is 0 Å². The van der Waals surface area contributed by atoms with Gasteiger partial charge in [0.1, 0.15) is 0 Å². The molecule has 2 rings (SSSR count). The Hall–Kier alpha value is -2.18. The van der Waals surface area contributed by atoms with Crippen molar-refractivity contribution in [2.75, 3.05) is 12.3 Å². The Morgan fingerprint density at radius 3 is 2.63 bits per heavy atom. The predicted molar refractivity (Wildman–Crippen MR) is 64.6 cm³/mol. The normalized spacial score (nSPS) is 11.6. The van der Waals surface area contributed by atoms with Crippen molar-refractivity contribution in [1.82, 2.24) is 9.78 Å². The molecule has 0 atom stereocenters. The van der Waals surface area contributed by atoms with Crippen LogP contribution in [0.25, 0.3) is 11.3 Å². The van der Waals surface area contributed by atoms with Crippen molar-refractivity contribution in [2.24, 2.45) is 7.05 Å². The van der Waals surface area contributed by atoms with Gasteiger partial charge in [-0.05, 0) is 18.2 Å². The van der Waals surface area contributed by atoms with Crippen LogP contribution in [0.5, 0.6) is 5.75 Å². The number of ether oxygens (including phenoxy) is 1. The average molecular weight is 271 g/mol. The summed E-state index contributed by atoms with van der Waals surface area (Å²) in [6.07, 6.45) is -2.73. The highest BCUT2D eigenvalue weighted by molar-refractivity contribution is 5.74. The highest BCUT2D eigenvalue weighted by Gasteiger charge is 2.29. The largest absolute Gasteiger partial charge is 0.481 e. The molecule has 7 heteroatoms. The van der Waals surface area contributed by atoms with Crippen LogP contribution in [0.3, 0.4) is 0 Å². The quantitative estimate of drug-likeness (QED) is 0.873. The molecule has 0 saturated heterocycles. The standard InChI is InChI=1S/C12H12F3N3O/c1-18-6-5-10(17-18)8-3-2-4-9(16)11(8)19-7-12(13,14)15/h2-6H,7,16H2,1H3. The molecule has 0 unspecified atom stereocenters. The van der Waals surface area contributed by atoms with Gasteiger partial charge in [0, 0.05) is 18.8 Å². The second kappa shape index (κ2) is 4.83. The van der Waals surface area contributed by atoms with Crippen molar-refractivity contribution in [2.45, 2.75) is 6.18 Å². The summed E-state index contributed by atoms with van der Waals surface area (Å²) < 4.78 is 43.0. The monoisotopic (exact) mass is 271 g/mol. The number of halogens is 3. The number of hydrogen-bond acceptors (Lipinski definition) is 3. The Morgan fingerprint density at radius 2 is 2.05 bits per heavy atom. The summed E-state index contributed by atoms with van der Waals surface area (Å²) in [7, 11) is 1.71. The number of anilines is 1. The Labute approximate surface area is 107 Å². The van der Waals surface area contributed by atoms with Gasteiger partial charge in [-0.15, -0.1) is 0 Å². The van der Waals surface area contributed by atoms with Gasteiger partial charge in [0.05, 0.1) is 11.4 Å². The molecular formula is C12H12F3N3O. The van der Waals surface area contributed by atoms with Crippen LogP contribution in [-0.4, -0.2) is 22.6 Å². The first-order valence-corrected chi connectivity index (χ1v) is 5.45. The molecule has 0 aliphatic heterocycles. The average Bonchev–Trinajstić information content (AvgIpc) is 2.72. The zero-order valence-electron chi connectivity index (χ0n) is 10.1. The van der Waals surface area contributed by atoms with E-state index in [9.17, 15) is 13.2 Å². The first-order valence-electron chi connectivity index (χ1n) is 5.45. The van der Waals surface area contributed by atoms with E-state index in [4.69, 9.17) is 10.5 Å². The minimum Gasteiger partial charge on any atom is -0.481 e. The van der Waals surface area contributed by atoms with Crippen molar-refractivity contribution in [1.29, 1.82) is 0 Å². The van der Waals surface area contributed by atoms with Gasteiger partial charge >= 0.3 is 6.18 Å². The first kappa shape index (κ1) is 13.3. The highest BCUT2D eigenvalue weighted by Crippen LogP contribution is 2.34. The zero-order valence-corrected chi connectivity index (χ0v) is 10.1. The fourth-order valence-electron chi connectivity index (χ4n) is 1.63. The first-order chi connectivity index (χ1) is 8.87. The molecule has 1 heterocycles. The fourth-order valence-corrected chi connectivity index (χ4v) is 1.63. The van der Waals surface area contributed by atoms with Gasteiger partial charge in [0.15, 0.2) is 12.4 Å². The fraction of sp³-hybridized carbons (Fsp3) is 0.250. The van der Waals surface area contributed by atoms with Crippen LogP contribution in [0.2, 0.25) is 0 Å². The lowest BCUT2D eigenvalue weighted by Crippen LogP contribution is -2.20.